The number of phenols is 3. The van der Waals surface area contributed by atoms with Crippen LogP contribution in [-0.4, -0.2) is 44.9 Å². The van der Waals surface area contributed by atoms with Crippen LogP contribution < -0.4 is 4.74 Å². The van der Waals surface area contributed by atoms with Gasteiger partial charge in [-0.15, -0.1) is 0 Å². The third-order valence-electron chi connectivity index (χ3n) is 8.69. The number of fused-ring (bicyclic) bond motifs is 4. The summed E-state index contributed by atoms with van der Waals surface area (Å²) in [4.78, 5) is 0. The van der Waals surface area contributed by atoms with E-state index in [9.17, 15) is 25.5 Å². The monoisotopic (exact) mass is 510 g/mol. The Balaban J connectivity index is 1.44. The smallest absolute Gasteiger partial charge is 0.201 e. The van der Waals surface area contributed by atoms with Crippen molar-refractivity contribution < 1.29 is 35.0 Å². The molecule has 1 aliphatic heterocycles. The lowest BCUT2D eigenvalue weighted by atomic mass is 9.67. The number of aromatic hydroxyl groups is 3. The van der Waals surface area contributed by atoms with Gasteiger partial charge in [0.25, 0.3) is 0 Å². The molecule has 5 rings (SSSR count). The van der Waals surface area contributed by atoms with E-state index in [0.717, 1.165) is 50.5 Å². The third kappa shape index (κ3) is 4.47. The molecule has 37 heavy (non-hydrogen) atoms. The predicted octanol–water partition coefficient (Wildman–Crippen LogP) is 5.06. The van der Waals surface area contributed by atoms with E-state index in [-0.39, 0.29) is 35.2 Å². The van der Waals surface area contributed by atoms with Crippen molar-refractivity contribution in [3.05, 3.63) is 52.1 Å². The summed E-state index contributed by atoms with van der Waals surface area (Å²) in [6.45, 7) is 1.69. The van der Waals surface area contributed by atoms with Crippen LogP contribution in [0.1, 0.15) is 85.3 Å². The molecule has 200 valence electrons. The zero-order valence-electron chi connectivity index (χ0n) is 21.6. The number of phenolic OH excluding ortho intramolecular Hbond substituents is 2. The zero-order chi connectivity index (χ0) is 26.3. The van der Waals surface area contributed by atoms with Crippen LogP contribution in [0.2, 0.25) is 0 Å². The number of unbranched alkanes of at least 4 members (excludes halogenated alkanes) is 2. The molecule has 7 nitrogen and oxygen atoms in total. The highest BCUT2D eigenvalue weighted by molar-refractivity contribution is 5.74. The third-order valence-corrected chi connectivity index (χ3v) is 8.69. The van der Waals surface area contributed by atoms with E-state index < -0.39 is 30.3 Å². The Morgan fingerprint density at radius 2 is 1.89 bits per heavy atom. The highest BCUT2D eigenvalue weighted by atomic mass is 16.5. The summed E-state index contributed by atoms with van der Waals surface area (Å²) in [5.41, 5.74) is 3.48. The molecule has 2 aromatic carbocycles. The normalized spacial score (nSPS) is 28.3. The number of hydrogen-bond acceptors (Lipinski definition) is 7. The maximum Gasteiger partial charge on any atom is 0.201 e. The number of aliphatic hydroxyl groups is 2. The molecule has 7 heteroatoms. The second kappa shape index (κ2) is 10.6. The average Bonchev–Trinajstić information content (AvgIpc) is 2.90. The van der Waals surface area contributed by atoms with Crippen molar-refractivity contribution in [2.45, 2.75) is 82.7 Å². The van der Waals surface area contributed by atoms with E-state index in [1.165, 1.54) is 12.7 Å². The molecule has 0 bridgehead atoms. The second-order valence-corrected chi connectivity index (χ2v) is 10.7. The summed E-state index contributed by atoms with van der Waals surface area (Å²) in [6, 6.07) is 5.93. The molecule has 0 radical (unpaired) electrons. The van der Waals surface area contributed by atoms with Gasteiger partial charge in [-0.25, -0.2) is 0 Å². The molecular formula is C30H38O7. The number of aliphatic hydroxyl groups excluding tert-OH is 2. The van der Waals surface area contributed by atoms with Crippen molar-refractivity contribution in [3.8, 4) is 23.0 Å². The SMILES string of the molecule is CCCCCc1cc([C@@H]2CC[C@H]3[C@@H](O)[C@@H]4C=Cc5c(OC)c(O)c(O)c(CO)c5[C@H]4O[C@H]3C2)ccc1O. The van der Waals surface area contributed by atoms with Crippen molar-refractivity contribution in [1.29, 1.82) is 0 Å². The highest BCUT2D eigenvalue weighted by Gasteiger charge is 2.49. The van der Waals surface area contributed by atoms with Gasteiger partial charge in [0.15, 0.2) is 11.5 Å². The van der Waals surface area contributed by atoms with Gasteiger partial charge in [-0.1, -0.05) is 44.1 Å². The lowest BCUT2D eigenvalue weighted by molar-refractivity contribution is -0.178. The lowest BCUT2D eigenvalue weighted by Gasteiger charge is -2.49. The van der Waals surface area contributed by atoms with Gasteiger partial charge in [-0.3, -0.25) is 0 Å². The molecule has 1 heterocycles. The van der Waals surface area contributed by atoms with E-state index in [2.05, 4.69) is 13.0 Å². The minimum atomic E-state index is -0.632. The van der Waals surface area contributed by atoms with Crippen LogP contribution in [0.15, 0.2) is 24.3 Å². The van der Waals surface area contributed by atoms with Crippen molar-refractivity contribution in [1.82, 2.24) is 0 Å². The first kappa shape index (κ1) is 25.9. The van der Waals surface area contributed by atoms with Crippen LogP contribution in [0.25, 0.3) is 6.08 Å². The summed E-state index contributed by atoms with van der Waals surface area (Å²) in [5.74, 6) is -0.469. The van der Waals surface area contributed by atoms with Gasteiger partial charge < -0.3 is 35.0 Å². The Labute approximate surface area is 218 Å². The van der Waals surface area contributed by atoms with Gasteiger partial charge in [0, 0.05) is 28.5 Å². The summed E-state index contributed by atoms with van der Waals surface area (Å²) < 4.78 is 12.1. The maximum absolute atomic E-state index is 11.4. The van der Waals surface area contributed by atoms with Gasteiger partial charge >= 0.3 is 0 Å². The molecule has 0 aromatic heterocycles. The van der Waals surface area contributed by atoms with Gasteiger partial charge in [0.1, 0.15) is 5.75 Å². The summed E-state index contributed by atoms with van der Waals surface area (Å²) in [5, 5.41) is 53.0. The number of rotatable bonds is 7. The van der Waals surface area contributed by atoms with E-state index in [4.69, 9.17) is 9.47 Å². The summed E-state index contributed by atoms with van der Waals surface area (Å²) in [7, 11) is 1.42. The van der Waals surface area contributed by atoms with Crippen LogP contribution in [0, 0.1) is 11.8 Å². The van der Waals surface area contributed by atoms with Gasteiger partial charge in [0.2, 0.25) is 5.75 Å². The van der Waals surface area contributed by atoms with Crippen LogP contribution in [0.5, 0.6) is 23.0 Å². The lowest BCUT2D eigenvalue weighted by Crippen LogP contribution is -2.50. The molecule has 0 spiro atoms. The Bertz CT molecular complexity index is 1170. The fourth-order valence-corrected chi connectivity index (χ4v) is 6.70. The molecule has 1 saturated heterocycles. The first-order valence-corrected chi connectivity index (χ1v) is 13.5. The topological polar surface area (TPSA) is 120 Å². The largest absolute Gasteiger partial charge is 0.508 e. The minimum Gasteiger partial charge on any atom is -0.508 e. The fourth-order valence-electron chi connectivity index (χ4n) is 6.70. The minimum absolute atomic E-state index is 0.0185. The van der Waals surface area contributed by atoms with Gasteiger partial charge in [0.05, 0.1) is 32.0 Å². The molecule has 3 aliphatic rings. The first-order chi connectivity index (χ1) is 17.9. The quantitative estimate of drug-likeness (QED) is 0.261. The van der Waals surface area contributed by atoms with Crippen LogP contribution in [0.4, 0.5) is 0 Å². The van der Waals surface area contributed by atoms with Crippen molar-refractivity contribution in [2.75, 3.05) is 7.11 Å². The maximum atomic E-state index is 11.4. The molecule has 2 aromatic rings. The highest BCUT2D eigenvalue weighted by Crippen LogP contribution is 2.55. The predicted molar refractivity (Wildman–Crippen MR) is 140 cm³/mol. The van der Waals surface area contributed by atoms with Crippen LogP contribution in [0.3, 0.4) is 0 Å². The number of benzene rings is 2. The fraction of sp³-hybridized carbons (Fsp3) is 0.533. The molecule has 1 saturated carbocycles. The van der Waals surface area contributed by atoms with Gasteiger partial charge in [-0.05, 0) is 55.2 Å². The molecule has 5 N–H and O–H groups in total. The first-order valence-electron chi connectivity index (χ1n) is 13.5. The number of hydrogen-bond donors (Lipinski definition) is 5. The number of methoxy groups -OCH3 is 1. The molecule has 2 aliphatic carbocycles. The van der Waals surface area contributed by atoms with E-state index in [1.807, 2.05) is 12.1 Å². The molecule has 6 atom stereocenters. The van der Waals surface area contributed by atoms with Crippen molar-refractivity contribution in [2.24, 2.45) is 11.8 Å². The van der Waals surface area contributed by atoms with Gasteiger partial charge in [-0.2, -0.15) is 0 Å². The average molecular weight is 511 g/mol. The van der Waals surface area contributed by atoms with E-state index in [1.54, 1.807) is 12.1 Å². The van der Waals surface area contributed by atoms with Crippen molar-refractivity contribution in [3.63, 3.8) is 0 Å². The van der Waals surface area contributed by atoms with Crippen LogP contribution >= 0.6 is 0 Å². The Morgan fingerprint density at radius 1 is 1.08 bits per heavy atom. The summed E-state index contributed by atoms with van der Waals surface area (Å²) >= 11 is 0. The number of ether oxygens (including phenoxy) is 2. The zero-order valence-corrected chi connectivity index (χ0v) is 21.6. The standard InChI is InChI=1S/C30H38O7/c1-3-4-5-6-18-13-16(8-12-23(18)32)17-7-9-19-24(14-17)37-29-21(26(19)33)11-10-20-25(29)22(15-31)27(34)28(35)30(20)36-2/h8,10-13,17,19,21,24,26,29,31-35H,3-7,9,14-15H2,1-2H3/t17-,19-,21+,24+,26-,29+/m1/s1. The number of aryl methyl sites for hydroxylation is 1. The summed E-state index contributed by atoms with van der Waals surface area (Å²) in [6.07, 6.45) is 8.91. The van der Waals surface area contributed by atoms with Crippen LogP contribution in [-0.2, 0) is 17.8 Å². The molecular weight excluding hydrogens is 472 g/mol. The Kier molecular flexibility index (Phi) is 7.39. The Hall–Kier alpha value is -2.74. The van der Waals surface area contributed by atoms with E-state index >= 15 is 0 Å². The molecule has 2 fully saturated rings. The van der Waals surface area contributed by atoms with Crippen molar-refractivity contribution >= 4 is 6.08 Å². The molecule has 0 amide bonds. The second-order valence-electron chi connectivity index (χ2n) is 10.7. The van der Waals surface area contributed by atoms with E-state index in [0.29, 0.717) is 16.9 Å². The Morgan fingerprint density at radius 3 is 2.62 bits per heavy atom. The molecule has 0 unspecified atom stereocenters.